The summed E-state index contributed by atoms with van der Waals surface area (Å²) in [5, 5.41) is 3.16. The van der Waals surface area contributed by atoms with Crippen LogP contribution >= 0.6 is 15.9 Å². The standard InChI is InChI=1S/C14H14BrF2NO2/c1-2-18-7-9-3-4-19-13(9)8-20-12-6-10(15)5-11(16)14(12)17/h3-6,18H,2,7-8H2,1H3. The van der Waals surface area contributed by atoms with Crippen LogP contribution in [-0.2, 0) is 13.2 Å². The van der Waals surface area contributed by atoms with Gasteiger partial charge in [0.25, 0.3) is 0 Å². The fourth-order valence-electron chi connectivity index (χ4n) is 1.69. The number of hydrogen-bond donors (Lipinski definition) is 1. The molecular weight excluding hydrogens is 332 g/mol. The summed E-state index contributed by atoms with van der Waals surface area (Å²) in [5.41, 5.74) is 0.933. The highest BCUT2D eigenvalue weighted by molar-refractivity contribution is 9.10. The molecule has 1 heterocycles. The molecule has 0 radical (unpaired) electrons. The molecule has 0 spiro atoms. The Morgan fingerprint density at radius 3 is 2.90 bits per heavy atom. The molecule has 0 saturated carbocycles. The number of furan rings is 1. The monoisotopic (exact) mass is 345 g/mol. The van der Waals surface area contributed by atoms with Crippen LogP contribution in [0.5, 0.6) is 5.75 Å². The lowest BCUT2D eigenvalue weighted by Gasteiger charge is -2.08. The van der Waals surface area contributed by atoms with Crippen LogP contribution in [0.1, 0.15) is 18.2 Å². The Bertz CT molecular complexity index is 587. The maximum absolute atomic E-state index is 13.5. The van der Waals surface area contributed by atoms with Gasteiger partial charge in [0.15, 0.2) is 11.6 Å². The molecule has 1 aromatic heterocycles. The lowest BCUT2D eigenvalue weighted by atomic mass is 10.2. The van der Waals surface area contributed by atoms with Gasteiger partial charge in [0.05, 0.1) is 6.26 Å². The van der Waals surface area contributed by atoms with Gasteiger partial charge in [-0.25, -0.2) is 4.39 Å². The Morgan fingerprint density at radius 1 is 1.35 bits per heavy atom. The van der Waals surface area contributed by atoms with Crippen molar-refractivity contribution in [3.05, 3.63) is 51.9 Å². The predicted molar refractivity (Wildman–Crippen MR) is 74.5 cm³/mol. The van der Waals surface area contributed by atoms with E-state index in [0.717, 1.165) is 18.2 Å². The Morgan fingerprint density at radius 2 is 2.15 bits per heavy atom. The van der Waals surface area contributed by atoms with Crippen LogP contribution in [0, 0.1) is 11.6 Å². The molecule has 2 rings (SSSR count). The number of halogens is 3. The van der Waals surface area contributed by atoms with E-state index in [0.29, 0.717) is 16.8 Å². The summed E-state index contributed by atoms with van der Waals surface area (Å²) in [6.45, 7) is 3.51. The van der Waals surface area contributed by atoms with Crippen LogP contribution in [-0.4, -0.2) is 6.54 Å². The van der Waals surface area contributed by atoms with E-state index in [2.05, 4.69) is 21.2 Å². The van der Waals surface area contributed by atoms with Crippen molar-refractivity contribution in [3.8, 4) is 5.75 Å². The SMILES string of the molecule is CCNCc1ccoc1COc1cc(Br)cc(F)c1F. The number of rotatable bonds is 6. The van der Waals surface area contributed by atoms with E-state index < -0.39 is 11.6 Å². The van der Waals surface area contributed by atoms with Gasteiger partial charge in [0.2, 0.25) is 5.82 Å². The maximum atomic E-state index is 13.5. The molecule has 108 valence electrons. The summed E-state index contributed by atoms with van der Waals surface area (Å²) in [7, 11) is 0. The van der Waals surface area contributed by atoms with Gasteiger partial charge in [0, 0.05) is 16.6 Å². The molecule has 3 nitrogen and oxygen atoms in total. The lowest BCUT2D eigenvalue weighted by Crippen LogP contribution is -2.13. The molecule has 0 fully saturated rings. The Hall–Kier alpha value is -1.40. The van der Waals surface area contributed by atoms with Crippen molar-refractivity contribution in [2.24, 2.45) is 0 Å². The molecule has 0 unspecified atom stereocenters. The summed E-state index contributed by atoms with van der Waals surface area (Å²) in [6, 6.07) is 4.25. The Kier molecular flexibility index (Phi) is 5.14. The molecule has 0 atom stereocenters. The van der Waals surface area contributed by atoms with E-state index in [1.807, 2.05) is 13.0 Å². The first-order chi connectivity index (χ1) is 9.61. The molecular formula is C14H14BrF2NO2. The third-order valence-corrected chi connectivity index (χ3v) is 3.18. The molecule has 0 bridgehead atoms. The van der Waals surface area contributed by atoms with E-state index in [1.165, 1.54) is 6.07 Å². The van der Waals surface area contributed by atoms with Gasteiger partial charge in [-0.15, -0.1) is 0 Å². The summed E-state index contributed by atoms with van der Waals surface area (Å²) in [6.07, 6.45) is 1.54. The summed E-state index contributed by atoms with van der Waals surface area (Å²) in [4.78, 5) is 0. The normalized spacial score (nSPS) is 10.8. The summed E-state index contributed by atoms with van der Waals surface area (Å²) >= 11 is 3.09. The Labute approximate surface area is 124 Å². The molecule has 0 aliphatic rings. The highest BCUT2D eigenvalue weighted by atomic mass is 79.9. The van der Waals surface area contributed by atoms with Crippen molar-refractivity contribution >= 4 is 15.9 Å². The lowest BCUT2D eigenvalue weighted by molar-refractivity contribution is 0.252. The van der Waals surface area contributed by atoms with Gasteiger partial charge in [-0.05, 0) is 24.7 Å². The van der Waals surface area contributed by atoms with Gasteiger partial charge in [0.1, 0.15) is 12.4 Å². The zero-order valence-corrected chi connectivity index (χ0v) is 12.5. The van der Waals surface area contributed by atoms with Crippen molar-refractivity contribution in [1.82, 2.24) is 5.32 Å². The smallest absolute Gasteiger partial charge is 0.200 e. The summed E-state index contributed by atoms with van der Waals surface area (Å²) in [5.74, 6) is -1.52. The minimum Gasteiger partial charge on any atom is -0.482 e. The number of ether oxygens (including phenoxy) is 1. The van der Waals surface area contributed by atoms with Crippen molar-refractivity contribution in [1.29, 1.82) is 0 Å². The van der Waals surface area contributed by atoms with E-state index in [1.54, 1.807) is 6.26 Å². The number of benzene rings is 1. The van der Waals surface area contributed by atoms with Crippen LogP contribution in [0.3, 0.4) is 0 Å². The van der Waals surface area contributed by atoms with E-state index >= 15 is 0 Å². The highest BCUT2D eigenvalue weighted by Gasteiger charge is 2.13. The van der Waals surface area contributed by atoms with Crippen molar-refractivity contribution in [2.75, 3.05) is 6.54 Å². The fourth-order valence-corrected chi connectivity index (χ4v) is 2.10. The minimum atomic E-state index is -1.01. The fraction of sp³-hybridized carbons (Fsp3) is 0.286. The topological polar surface area (TPSA) is 34.4 Å². The van der Waals surface area contributed by atoms with Gasteiger partial charge in [-0.1, -0.05) is 22.9 Å². The van der Waals surface area contributed by atoms with E-state index in [4.69, 9.17) is 9.15 Å². The first-order valence-electron chi connectivity index (χ1n) is 6.15. The average molecular weight is 346 g/mol. The van der Waals surface area contributed by atoms with E-state index in [9.17, 15) is 8.78 Å². The van der Waals surface area contributed by atoms with Gasteiger partial charge in [-0.3, -0.25) is 0 Å². The molecule has 20 heavy (non-hydrogen) atoms. The second-order valence-electron chi connectivity index (χ2n) is 4.14. The molecule has 2 aromatic rings. The van der Waals surface area contributed by atoms with Crippen LogP contribution in [0.25, 0.3) is 0 Å². The third kappa shape index (κ3) is 3.58. The van der Waals surface area contributed by atoms with E-state index in [-0.39, 0.29) is 12.4 Å². The molecule has 1 N–H and O–H groups in total. The van der Waals surface area contributed by atoms with Crippen LogP contribution in [0.2, 0.25) is 0 Å². The molecule has 0 aliphatic carbocycles. The minimum absolute atomic E-state index is 0.0422. The molecule has 0 amide bonds. The van der Waals surface area contributed by atoms with Crippen molar-refractivity contribution in [2.45, 2.75) is 20.1 Å². The van der Waals surface area contributed by atoms with Gasteiger partial charge >= 0.3 is 0 Å². The molecule has 6 heteroatoms. The first kappa shape index (κ1) is 15.0. The first-order valence-corrected chi connectivity index (χ1v) is 6.94. The zero-order chi connectivity index (χ0) is 14.5. The van der Waals surface area contributed by atoms with Crippen molar-refractivity contribution < 1.29 is 17.9 Å². The number of nitrogens with one attached hydrogen (secondary N) is 1. The second-order valence-corrected chi connectivity index (χ2v) is 5.05. The van der Waals surface area contributed by atoms with Crippen molar-refractivity contribution in [3.63, 3.8) is 0 Å². The highest BCUT2D eigenvalue weighted by Crippen LogP contribution is 2.26. The van der Waals surface area contributed by atoms with Crippen LogP contribution in [0.4, 0.5) is 8.78 Å². The van der Waals surface area contributed by atoms with Crippen LogP contribution < -0.4 is 10.1 Å². The predicted octanol–water partition coefficient (Wildman–Crippen LogP) is 4.01. The zero-order valence-electron chi connectivity index (χ0n) is 10.9. The largest absolute Gasteiger partial charge is 0.482 e. The molecule has 0 saturated heterocycles. The maximum Gasteiger partial charge on any atom is 0.200 e. The Balaban J connectivity index is 2.07. The summed E-state index contributed by atoms with van der Waals surface area (Å²) < 4.78 is 37.8. The quantitative estimate of drug-likeness (QED) is 0.803. The third-order valence-electron chi connectivity index (χ3n) is 2.72. The van der Waals surface area contributed by atoms with Gasteiger partial charge < -0.3 is 14.5 Å². The second kappa shape index (κ2) is 6.85. The average Bonchev–Trinajstić information content (AvgIpc) is 2.86. The molecule has 0 aliphatic heterocycles. The van der Waals surface area contributed by atoms with Gasteiger partial charge in [-0.2, -0.15) is 4.39 Å². The van der Waals surface area contributed by atoms with Crippen LogP contribution in [0.15, 0.2) is 33.4 Å². The number of hydrogen-bond acceptors (Lipinski definition) is 3. The molecule has 1 aromatic carbocycles.